The van der Waals surface area contributed by atoms with Crippen molar-refractivity contribution in [1.82, 2.24) is 4.98 Å². The van der Waals surface area contributed by atoms with Crippen LogP contribution in [-0.4, -0.2) is 18.0 Å². The Morgan fingerprint density at radius 3 is 2.60 bits per heavy atom. The second-order valence-electron chi connectivity index (χ2n) is 5.56. The molecule has 2 aromatic carbocycles. The molecule has 126 valence electrons. The number of pyridine rings is 1. The van der Waals surface area contributed by atoms with E-state index in [1.807, 2.05) is 37.3 Å². The van der Waals surface area contributed by atoms with E-state index in [0.717, 1.165) is 16.9 Å². The van der Waals surface area contributed by atoms with Gasteiger partial charge in [-0.2, -0.15) is 0 Å². The number of amides is 1. The zero-order valence-corrected chi connectivity index (χ0v) is 14.1. The lowest BCUT2D eigenvalue weighted by molar-refractivity contribution is 0.102. The highest BCUT2D eigenvalue weighted by atomic mass is 16.5. The van der Waals surface area contributed by atoms with Crippen LogP contribution in [0.25, 0.3) is 0 Å². The summed E-state index contributed by atoms with van der Waals surface area (Å²) in [6.45, 7) is 2.04. The smallest absolute Gasteiger partial charge is 0.256 e. The number of methoxy groups -OCH3 is 1. The van der Waals surface area contributed by atoms with Crippen molar-refractivity contribution < 1.29 is 9.53 Å². The average molecular weight is 333 g/mol. The lowest BCUT2D eigenvalue weighted by Crippen LogP contribution is -2.13. The van der Waals surface area contributed by atoms with Gasteiger partial charge in [0.1, 0.15) is 11.6 Å². The van der Waals surface area contributed by atoms with Gasteiger partial charge < -0.3 is 15.4 Å². The summed E-state index contributed by atoms with van der Waals surface area (Å²) in [6.07, 6.45) is 1.69. The number of anilines is 3. The molecule has 0 atom stereocenters. The molecular formula is C20H19N3O2. The molecule has 0 spiro atoms. The van der Waals surface area contributed by atoms with Crippen LogP contribution in [0.15, 0.2) is 66.9 Å². The Kier molecular flexibility index (Phi) is 4.95. The van der Waals surface area contributed by atoms with E-state index in [0.29, 0.717) is 17.1 Å². The Labute approximate surface area is 146 Å². The highest BCUT2D eigenvalue weighted by Gasteiger charge is 2.08. The molecule has 0 bridgehead atoms. The van der Waals surface area contributed by atoms with Gasteiger partial charge in [-0.05, 0) is 48.9 Å². The first kappa shape index (κ1) is 16.5. The molecule has 0 saturated heterocycles. The van der Waals surface area contributed by atoms with Gasteiger partial charge in [-0.25, -0.2) is 4.98 Å². The molecule has 0 fully saturated rings. The molecule has 5 nitrogen and oxygen atoms in total. The highest BCUT2D eigenvalue weighted by Crippen LogP contribution is 2.20. The van der Waals surface area contributed by atoms with Crippen molar-refractivity contribution in [2.75, 3.05) is 17.7 Å². The van der Waals surface area contributed by atoms with Gasteiger partial charge in [0, 0.05) is 11.3 Å². The number of nitrogens with one attached hydrogen (secondary N) is 2. The second kappa shape index (κ2) is 7.49. The van der Waals surface area contributed by atoms with Crippen LogP contribution in [0.1, 0.15) is 15.9 Å². The number of carbonyl (C=O) groups is 1. The van der Waals surface area contributed by atoms with Crippen LogP contribution in [-0.2, 0) is 0 Å². The highest BCUT2D eigenvalue weighted by molar-refractivity contribution is 6.04. The van der Waals surface area contributed by atoms with Gasteiger partial charge in [0.25, 0.3) is 5.91 Å². The fraction of sp³-hybridized carbons (Fsp3) is 0.100. The van der Waals surface area contributed by atoms with Gasteiger partial charge in [-0.15, -0.1) is 0 Å². The van der Waals surface area contributed by atoms with Crippen molar-refractivity contribution in [3.8, 4) is 5.75 Å². The lowest BCUT2D eigenvalue weighted by Gasteiger charge is -2.10. The molecule has 5 heteroatoms. The van der Waals surface area contributed by atoms with Crippen LogP contribution >= 0.6 is 0 Å². The molecule has 0 aliphatic carbocycles. The van der Waals surface area contributed by atoms with E-state index in [-0.39, 0.29) is 5.91 Å². The third-order valence-electron chi connectivity index (χ3n) is 3.76. The van der Waals surface area contributed by atoms with E-state index in [2.05, 4.69) is 15.6 Å². The number of hydrogen-bond donors (Lipinski definition) is 2. The van der Waals surface area contributed by atoms with Gasteiger partial charge in [-0.1, -0.05) is 24.3 Å². The Morgan fingerprint density at radius 2 is 1.88 bits per heavy atom. The molecule has 25 heavy (non-hydrogen) atoms. The minimum absolute atomic E-state index is 0.231. The minimum atomic E-state index is -0.231. The molecule has 2 N–H and O–H groups in total. The molecule has 3 aromatic rings. The molecule has 0 aliphatic rings. The van der Waals surface area contributed by atoms with Crippen molar-refractivity contribution in [3.63, 3.8) is 0 Å². The molecule has 3 rings (SSSR count). The van der Waals surface area contributed by atoms with Crippen LogP contribution in [0, 0.1) is 6.92 Å². The number of aromatic nitrogens is 1. The van der Waals surface area contributed by atoms with Crippen LogP contribution in [0.4, 0.5) is 17.2 Å². The van der Waals surface area contributed by atoms with Crippen molar-refractivity contribution in [2.45, 2.75) is 6.92 Å². The predicted molar refractivity (Wildman–Crippen MR) is 99.6 cm³/mol. The van der Waals surface area contributed by atoms with Crippen LogP contribution in [0.5, 0.6) is 5.75 Å². The standard InChI is InChI=1S/C20H19N3O2/c1-14-6-3-4-9-18(14)22-16-10-11-19(21-13-16)23-20(24)15-7-5-8-17(12-15)25-2/h3-13,22H,1-2H3,(H,21,23,24). The molecular weight excluding hydrogens is 314 g/mol. The monoisotopic (exact) mass is 333 g/mol. The first-order valence-corrected chi connectivity index (χ1v) is 7.90. The summed E-state index contributed by atoms with van der Waals surface area (Å²) in [7, 11) is 1.57. The molecule has 1 amide bonds. The Hall–Kier alpha value is -3.34. The summed E-state index contributed by atoms with van der Waals surface area (Å²) < 4.78 is 5.13. The molecule has 1 heterocycles. The maximum absolute atomic E-state index is 12.3. The quantitative estimate of drug-likeness (QED) is 0.727. The minimum Gasteiger partial charge on any atom is -0.497 e. The first-order valence-electron chi connectivity index (χ1n) is 7.90. The topological polar surface area (TPSA) is 63.2 Å². The summed E-state index contributed by atoms with van der Waals surface area (Å²) >= 11 is 0. The normalized spacial score (nSPS) is 10.2. The number of para-hydroxylation sites is 1. The van der Waals surface area contributed by atoms with Gasteiger partial charge in [0.05, 0.1) is 19.0 Å². The Balaban J connectivity index is 1.68. The number of carbonyl (C=O) groups excluding carboxylic acids is 1. The largest absolute Gasteiger partial charge is 0.497 e. The fourth-order valence-electron chi connectivity index (χ4n) is 2.36. The van der Waals surface area contributed by atoms with Crippen LogP contribution in [0.3, 0.4) is 0 Å². The summed E-state index contributed by atoms with van der Waals surface area (Å²) in [5.74, 6) is 0.896. The fourth-order valence-corrected chi connectivity index (χ4v) is 2.36. The van der Waals surface area contributed by atoms with Gasteiger partial charge >= 0.3 is 0 Å². The number of aryl methyl sites for hydroxylation is 1. The van der Waals surface area contributed by atoms with Crippen LogP contribution < -0.4 is 15.4 Å². The SMILES string of the molecule is COc1cccc(C(=O)Nc2ccc(Nc3ccccc3C)cn2)c1. The predicted octanol–water partition coefficient (Wildman–Crippen LogP) is 4.39. The van der Waals surface area contributed by atoms with Gasteiger partial charge in [0.15, 0.2) is 0 Å². The lowest BCUT2D eigenvalue weighted by atomic mass is 10.2. The van der Waals surface area contributed by atoms with Crippen molar-refractivity contribution >= 4 is 23.1 Å². The number of ether oxygens (including phenoxy) is 1. The van der Waals surface area contributed by atoms with E-state index in [1.54, 1.807) is 43.6 Å². The number of rotatable bonds is 5. The molecule has 0 saturated carbocycles. The second-order valence-corrected chi connectivity index (χ2v) is 5.56. The van der Waals surface area contributed by atoms with Crippen molar-refractivity contribution in [1.29, 1.82) is 0 Å². The summed E-state index contributed by atoms with van der Waals surface area (Å²) in [4.78, 5) is 16.6. The third-order valence-corrected chi connectivity index (χ3v) is 3.76. The zero-order chi connectivity index (χ0) is 17.6. The molecule has 0 radical (unpaired) electrons. The van der Waals surface area contributed by atoms with Crippen LogP contribution in [0.2, 0.25) is 0 Å². The maximum atomic E-state index is 12.3. The molecule has 0 unspecified atom stereocenters. The van der Waals surface area contributed by atoms with Crippen molar-refractivity contribution in [3.05, 3.63) is 78.0 Å². The first-order chi connectivity index (χ1) is 12.2. The third kappa shape index (κ3) is 4.14. The zero-order valence-electron chi connectivity index (χ0n) is 14.1. The van der Waals surface area contributed by atoms with Gasteiger partial charge in [0.2, 0.25) is 0 Å². The number of benzene rings is 2. The molecule has 1 aromatic heterocycles. The summed E-state index contributed by atoms with van der Waals surface area (Å²) in [6, 6.07) is 18.6. The Morgan fingerprint density at radius 1 is 1.04 bits per heavy atom. The summed E-state index contributed by atoms with van der Waals surface area (Å²) in [5, 5.41) is 6.09. The van der Waals surface area contributed by atoms with Gasteiger partial charge in [-0.3, -0.25) is 4.79 Å². The van der Waals surface area contributed by atoms with E-state index in [9.17, 15) is 4.79 Å². The van der Waals surface area contributed by atoms with E-state index >= 15 is 0 Å². The maximum Gasteiger partial charge on any atom is 0.256 e. The van der Waals surface area contributed by atoms with E-state index < -0.39 is 0 Å². The van der Waals surface area contributed by atoms with E-state index in [4.69, 9.17) is 4.74 Å². The number of hydrogen-bond acceptors (Lipinski definition) is 4. The Bertz CT molecular complexity index is 876. The molecule has 0 aliphatic heterocycles. The van der Waals surface area contributed by atoms with Crippen molar-refractivity contribution in [2.24, 2.45) is 0 Å². The summed E-state index contributed by atoms with van der Waals surface area (Å²) in [5.41, 5.74) is 3.55. The van der Waals surface area contributed by atoms with E-state index in [1.165, 1.54) is 0 Å². The number of nitrogens with zero attached hydrogens (tertiary/aromatic N) is 1. The average Bonchev–Trinajstić information content (AvgIpc) is 2.65.